The average molecular weight is 405 g/mol. The molecule has 0 saturated heterocycles. The Balaban J connectivity index is 1.58. The Morgan fingerprint density at radius 1 is 1.13 bits per heavy atom. The van der Waals surface area contributed by atoms with Crippen molar-refractivity contribution in [2.24, 2.45) is 10.9 Å². The SMILES string of the molecule is CCCN1C(=O)[C@H](NC(=O)OCc2ccccc2)N=C(C2CCC2)c2ccccc21. The molecule has 1 saturated carbocycles. The van der Waals surface area contributed by atoms with Crippen LogP contribution in [0.4, 0.5) is 10.5 Å². The molecule has 0 radical (unpaired) electrons. The predicted molar refractivity (Wildman–Crippen MR) is 117 cm³/mol. The first-order valence-electron chi connectivity index (χ1n) is 10.6. The van der Waals surface area contributed by atoms with Gasteiger partial charge in [-0.2, -0.15) is 0 Å². The number of hydrogen-bond donors (Lipinski definition) is 1. The van der Waals surface area contributed by atoms with Crippen molar-refractivity contribution in [2.75, 3.05) is 11.4 Å². The second kappa shape index (κ2) is 9.11. The maximum atomic E-state index is 13.3. The quantitative estimate of drug-likeness (QED) is 0.780. The summed E-state index contributed by atoms with van der Waals surface area (Å²) in [6.07, 6.45) is 2.46. The molecule has 0 aromatic heterocycles. The highest BCUT2D eigenvalue weighted by atomic mass is 16.5. The number of amides is 2. The van der Waals surface area contributed by atoms with Crippen LogP contribution in [0.1, 0.15) is 43.7 Å². The van der Waals surface area contributed by atoms with Crippen molar-refractivity contribution >= 4 is 23.4 Å². The van der Waals surface area contributed by atoms with Gasteiger partial charge in [0.25, 0.3) is 5.91 Å². The third kappa shape index (κ3) is 4.22. The zero-order valence-corrected chi connectivity index (χ0v) is 17.2. The fraction of sp³-hybridized carbons (Fsp3) is 0.375. The Morgan fingerprint density at radius 3 is 2.57 bits per heavy atom. The Hall–Kier alpha value is -3.15. The number of carbonyl (C=O) groups excluding carboxylic acids is 2. The first-order valence-corrected chi connectivity index (χ1v) is 10.6. The van der Waals surface area contributed by atoms with Crippen LogP contribution in [0.5, 0.6) is 0 Å². The number of benzene rings is 2. The van der Waals surface area contributed by atoms with Crippen LogP contribution in [0, 0.1) is 5.92 Å². The largest absolute Gasteiger partial charge is 0.445 e. The van der Waals surface area contributed by atoms with E-state index in [1.807, 2.05) is 61.5 Å². The molecule has 2 aromatic rings. The fourth-order valence-electron chi connectivity index (χ4n) is 3.89. The van der Waals surface area contributed by atoms with Gasteiger partial charge in [0, 0.05) is 18.0 Å². The summed E-state index contributed by atoms with van der Waals surface area (Å²) in [7, 11) is 0. The summed E-state index contributed by atoms with van der Waals surface area (Å²) in [5, 5.41) is 2.70. The van der Waals surface area contributed by atoms with Gasteiger partial charge in [-0.25, -0.2) is 4.79 Å². The van der Waals surface area contributed by atoms with Crippen molar-refractivity contribution < 1.29 is 14.3 Å². The summed E-state index contributed by atoms with van der Waals surface area (Å²) in [6.45, 7) is 2.75. The molecule has 30 heavy (non-hydrogen) atoms. The van der Waals surface area contributed by atoms with Crippen LogP contribution < -0.4 is 10.2 Å². The lowest BCUT2D eigenvalue weighted by atomic mass is 9.79. The fourth-order valence-corrected chi connectivity index (χ4v) is 3.89. The van der Waals surface area contributed by atoms with Gasteiger partial charge in [-0.1, -0.05) is 61.9 Å². The molecule has 1 N–H and O–H groups in total. The summed E-state index contributed by atoms with van der Waals surface area (Å²) < 4.78 is 5.34. The minimum absolute atomic E-state index is 0.145. The standard InChI is InChI=1S/C24H27N3O3/c1-2-15-27-20-14-7-6-13-19(20)21(18-11-8-12-18)25-22(23(27)28)26-24(29)30-16-17-9-4-3-5-10-17/h3-7,9-10,13-14,18,22H,2,8,11-12,15-16H2,1H3,(H,26,29)/t22-/m0/s1. The number of nitrogens with zero attached hydrogens (tertiary/aromatic N) is 2. The minimum Gasteiger partial charge on any atom is -0.445 e. The van der Waals surface area contributed by atoms with Crippen molar-refractivity contribution in [1.82, 2.24) is 5.32 Å². The van der Waals surface area contributed by atoms with Crippen LogP contribution >= 0.6 is 0 Å². The van der Waals surface area contributed by atoms with E-state index in [2.05, 4.69) is 5.32 Å². The molecule has 2 amide bonds. The highest BCUT2D eigenvalue weighted by Crippen LogP contribution is 2.35. The molecule has 1 aliphatic carbocycles. The van der Waals surface area contributed by atoms with E-state index in [0.29, 0.717) is 12.5 Å². The van der Waals surface area contributed by atoms with E-state index in [0.717, 1.165) is 48.2 Å². The van der Waals surface area contributed by atoms with E-state index in [-0.39, 0.29) is 12.5 Å². The molecular weight excluding hydrogens is 378 g/mol. The molecule has 1 atom stereocenters. The second-order valence-electron chi connectivity index (χ2n) is 7.76. The average Bonchev–Trinajstić information content (AvgIpc) is 2.83. The van der Waals surface area contributed by atoms with E-state index < -0.39 is 12.3 Å². The van der Waals surface area contributed by atoms with Crippen LogP contribution in [0.25, 0.3) is 0 Å². The van der Waals surface area contributed by atoms with Crippen molar-refractivity contribution in [2.45, 2.75) is 45.4 Å². The number of hydrogen-bond acceptors (Lipinski definition) is 4. The summed E-state index contributed by atoms with van der Waals surface area (Å²) in [5.41, 5.74) is 3.67. The molecule has 1 aliphatic heterocycles. The minimum atomic E-state index is -0.983. The molecular formula is C24H27N3O3. The molecule has 6 heteroatoms. The smallest absolute Gasteiger partial charge is 0.409 e. The van der Waals surface area contributed by atoms with Gasteiger partial charge in [0.1, 0.15) is 6.61 Å². The van der Waals surface area contributed by atoms with Crippen LogP contribution in [0.3, 0.4) is 0 Å². The molecule has 0 bridgehead atoms. The van der Waals surface area contributed by atoms with Crippen LogP contribution in [-0.4, -0.2) is 30.4 Å². The number of alkyl carbamates (subject to hydrolysis) is 1. The molecule has 4 rings (SSSR count). The van der Waals surface area contributed by atoms with E-state index in [1.54, 1.807) is 4.90 Å². The number of anilines is 1. The van der Waals surface area contributed by atoms with Gasteiger partial charge >= 0.3 is 6.09 Å². The van der Waals surface area contributed by atoms with E-state index >= 15 is 0 Å². The van der Waals surface area contributed by atoms with E-state index in [4.69, 9.17) is 9.73 Å². The highest BCUT2D eigenvalue weighted by Gasteiger charge is 2.36. The molecule has 2 aromatic carbocycles. The Labute approximate surface area is 176 Å². The number of carbonyl (C=O) groups is 2. The van der Waals surface area contributed by atoms with Gasteiger partial charge in [0.05, 0.1) is 11.4 Å². The molecule has 1 fully saturated rings. The maximum Gasteiger partial charge on any atom is 0.409 e. The van der Waals surface area contributed by atoms with E-state index in [1.165, 1.54) is 0 Å². The van der Waals surface area contributed by atoms with Gasteiger partial charge in [-0.15, -0.1) is 0 Å². The lowest BCUT2D eigenvalue weighted by Gasteiger charge is -2.28. The molecule has 156 valence electrons. The Kier molecular flexibility index (Phi) is 6.12. The molecule has 2 aliphatic rings. The van der Waals surface area contributed by atoms with E-state index in [9.17, 15) is 9.59 Å². The number of nitrogens with one attached hydrogen (secondary N) is 1. The summed E-state index contributed by atoms with van der Waals surface area (Å²) in [6, 6.07) is 17.4. The molecule has 0 unspecified atom stereocenters. The number of para-hydroxylation sites is 1. The van der Waals surface area contributed by atoms with Crippen LogP contribution in [0.2, 0.25) is 0 Å². The number of fused-ring (bicyclic) bond motifs is 1. The lowest BCUT2D eigenvalue weighted by Crippen LogP contribution is -2.47. The monoisotopic (exact) mass is 405 g/mol. The third-order valence-corrected chi connectivity index (χ3v) is 5.65. The van der Waals surface area contributed by atoms with Gasteiger partial charge in [-0.3, -0.25) is 15.1 Å². The zero-order valence-electron chi connectivity index (χ0n) is 17.2. The van der Waals surface area contributed by atoms with Gasteiger partial charge in [-0.05, 0) is 30.9 Å². The number of rotatable bonds is 6. The predicted octanol–water partition coefficient (Wildman–Crippen LogP) is 4.28. The number of ether oxygens (including phenoxy) is 1. The second-order valence-corrected chi connectivity index (χ2v) is 7.76. The van der Waals surface area contributed by atoms with Gasteiger partial charge in [0.2, 0.25) is 6.17 Å². The molecule has 0 spiro atoms. The Morgan fingerprint density at radius 2 is 1.87 bits per heavy atom. The van der Waals surface area contributed by atoms with Gasteiger partial charge in [0.15, 0.2) is 0 Å². The first-order chi connectivity index (χ1) is 14.7. The third-order valence-electron chi connectivity index (χ3n) is 5.65. The summed E-state index contributed by atoms with van der Waals surface area (Å²) >= 11 is 0. The maximum absolute atomic E-state index is 13.3. The van der Waals surface area contributed by atoms with Crippen molar-refractivity contribution in [3.63, 3.8) is 0 Å². The summed E-state index contributed by atoms with van der Waals surface area (Å²) in [4.78, 5) is 32.3. The Bertz CT molecular complexity index is 938. The zero-order chi connectivity index (χ0) is 20.9. The van der Waals surface area contributed by atoms with Crippen molar-refractivity contribution in [3.05, 3.63) is 65.7 Å². The number of aliphatic imine (C=N–C) groups is 1. The highest BCUT2D eigenvalue weighted by molar-refractivity contribution is 6.14. The molecule has 6 nitrogen and oxygen atoms in total. The normalized spacial score (nSPS) is 18.7. The first kappa shape index (κ1) is 20.1. The summed E-state index contributed by atoms with van der Waals surface area (Å²) in [5.74, 6) is 0.0976. The van der Waals surface area contributed by atoms with Crippen molar-refractivity contribution in [3.8, 4) is 0 Å². The lowest BCUT2D eigenvalue weighted by molar-refractivity contribution is -0.120. The number of benzodiazepines with no additional fused rings is 1. The molecule has 1 heterocycles. The topological polar surface area (TPSA) is 71.0 Å². The van der Waals surface area contributed by atoms with Gasteiger partial charge < -0.3 is 9.64 Å². The van der Waals surface area contributed by atoms with Crippen LogP contribution in [-0.2, 0) is 16.1 Å². The van der Waals surface area contributed by atoms with Crippen LogP contribution in [0.15, 0.2) is 59.6 Å². The van der Waals surface area contributed by atoms with Crippen molar-refractivity contribution in [1.29, 1.82) is 0 Å².